The molecule has 0 aromatic carbocycles. The van der Waals surface area contributed by atoms with E-state index >= 15 is 0 Å². The molecule has 19 heavy (non-hydrogen) atoms. The number of hydrogen-bond donors (Lipinski definition) is 0. The van der Waals surface area contributed by atoms with Crippen LogP contribution in [-0.2, 0) is 8.23 Å². The number of alkyl halides is 3. The molecule has 0 fully saturated rings. The standard InChI is InChI=1S/C8H24O2Si3.3CH3I/c1-11(2,3)9-13(7,8)10-12(4,5)6;3*1-2/h1-8H3;3*1H3/i;1T3;1T2;1T. The van der Waals surface area contributed by atoms with Gasteiger partial charge in [-0.05, 0) is 67.0 Å². The molecule has 0 bridgehead atoms. The molecule has 0 atom stereocenters. The summed E-state index contributed by atoms with van der Waals surface area (Å²) in [5, 5.41) is 0. The average Bonchev–Trinajstić information content (AvgIpc) is 2.03. The molecule has 0 aromatic rings. The van der Waals surface area contributed by atoms with Gasteiger partial charge in [-0.25, -0.2) is 0 Å². The summed E-state index contributed by atoms with van der Waals surface area (Å²) in [7, 11) is -4.72. The second-order valence-corrected chi connectivity index (χ2v) is 18.7. The third-order valence-corrected chi connectivity index (χ3v) is 9.94. The van der Waals surface area contributed by atoms with Crippen molar-refractivity contribution in [3.8, 4) is 0 Å². The van der Waals surface area contributed by atoms with Crippen molar-refractivity contribution in [1.82, 2.24) is 0 Å². The molecule has 0 heterocycles. The Labute approximate surface area is 174 Å². The van der Waals surface area contributed by atoms with Crippen molar-refractivity contribution in [2.75, 3.05) is 14.6 Å². The molecule has 0 aliphatic heterocycles. The predicted octanol–water partition coefficient (Wildman–Crippen LogP) is 6.54. The first kappa shape index (κ1) is 16.6. The molecule has 0 N–H and O–H groups in total. The van der Waals surface area contributed by atoms with Crippen LogP contribution in [0.4, 0.5) is 0 Å². The topological polar surface area (TPSA) is 18.5 Å². The molecule has 0 spiro atoms. The van der Waals surface area contributed by atoms with E-state index in [-0.39, 0.29) is 0 Å². The summed E-state index contributed by atoms with van der Waals surface area (Å²) >= 11 is 5.01. The van der Waals surface area contributed by atoms with E-state index in [1.807, 2.05) is 22.6 Å². The lowest BCUT2D eigenvalue weighted by Crippen LogP contribution is -2.50. The van der Waals surface area contributed by atoms with E-state index in [4.69, 9.17) is 16.5 Å². The minimum absolute atomic E-state index is 0.470. The second-order valence-electron chi connectivity index (χ2n) is 5.83. The molecule has 0 amide bonds. The van der Waals surface area contributed by atoms with Crippen LogP contribution >= 0.6 is 67.8 Å². The summed E-state index contributed by atoms with van der Waals surface area (Å²) in [6.45, 7) is 17.6. The van der Waals surface area contributed by atoms with Crippen LogP contribution in [0, 0.1) is 0 Å². The highest BCUT2D eigenvalue weighted by atomic mass is 127. The Balaban J connectivity index is -0.000000151. The number of rotatable bonds is 4. The van der Waals surface area contributed by atoms with E-state index < -0.39 is 34.9 Å². The Morgan fingerprint density at radius 3 is 1.00 bits per heavy atom. The zero-order valence-corrected chi connectivity index (χ0v) is 22.7. The molecule has 0 aromatic heterocycles. The van der Waals surface area contributed by atoms with Gasteiger partial charge in [-0.1, -0.05) is 67.8 Å². The van der Waals surface area contributed by atoms with Crippen LogP contribution in [0.5, 0.6) is 0 Å². The van der Waals surface area contributed by atoms with Crippen LogP contribution in [0.1, 0.15) is 8.22 Å². The van der Waals surface area contributed by atoms with Gasteiger partial charge in [-0.3, -0.25) is 0 Å². The summed E-state index contributed by atoms with van der Waals surface area (Å²) in [6, 6.07) is 0. The third-order valence-electron chi connectivity index (χ3n) is 1.10. The molecular formula is C11H33I3O2Si3. The molecule has 0 aliphatic rings. The minimum atomic E-state index is -1.85. The highest BCUT2D eigenvalue weighted by Gasteiger charge is 2.35. The Kier molecular flexibility index (Phi) is 13.7. The van der Waals surface area contributed by atoms with Crippen LogP contribution in [0.2, 0.25) is 52.4 Å². The van der Waals surface area contributed by atoms with Crippen molar-refractivity contribution in [2.45, 2.75) is 52.4 Å². The molecule has 0 unspecified atom stereocenters. The lowest BCUT2D eigenvalue weighted by molar-refractivity contribution is 0.395. The van der Waals surface area contributed by atoms with E-state index in [0.717, 1.165) is 0 Å². The lowest BCUT2D eigenvalue weighted by Gasteiger charge is -2.35. The van der Waals surface area contributed by atoms with Gasteiger partial charge in [0.25, 0.3) is 0 Å². The van der Waals surface area contributed by atoms with Crippen molar-refractivity contribution >= 4 is 93.0 Å². The smallest absolute Gasteiger partial charge is 0.311 e. The zero-order valence-electron chi connectivity index (χ0n) is 19.2. The first-order valence-corrected chi connectivity index (χ1v) is 19.0. The largest absolute Gasteiger partial charge is 0.437 e. The van der Waals surface area contributed by atoms with E-state index in [1.165, 1.54) is 22.6 Å². The van der Waals surface area contributed by atoms with Crippen molar-refractivity contribution in [1.29, 1.82) is 0 Å². The molecule has 0 radical (unpaired) electrons. The van der Waals surface area contributed by atoms with E-state index in [9.17, 15) is 0 Å². The fraction of sp³-hybridized carbons (Fsp3) is 1.00. The molecule has 122 valence electrons. The van der Waals surface area contributed by atoms with Gasteiger partial charge in [0.15, 0.2) is 16.6 Å². The van der Waals surface area contributed by atoms with Gasteiger partial charge in [-0.15, -0.1) is 0 Å². The summed E-state index contributed by atoms with van der Waals surface area (Å²) < 4.78 is 49.6. The van der Waals surface area contributed by atoms with Crippen LogP contribution in [0.25, 0.3) is 0 Å². The predicted molar refractivity (Wildman–Crippen MR) is 126 cm³/mol. The van der Waals surface area contributed by atoms with Gasteiger partial charge in [0, 0.05) is 8.22 Å². The van der Waals surface area contributed by atoms with Gasteiger partial charge in [-0.2, -0.15) is 0 Å². The summed E-state index contributed by atoms with van der Waals surface area (Å²) in [6.07, 6.45) is 0. The maximum atomic E-state index is 6.26. The highest BCUT2D eigenvalue weighted by molar-refractivity contribution is 14.1. The fourth-order valence-corrected chi connectivity index (χ4v) is 13.8. The van der Waals surface area contributed by atoms with Crippen molar-refractivity contribution < 1.29 is 16.5 Å². The SMILES string of the molecule is C[Si](C)(C)O[Si](C)(C)O[Si](C)(C)C.[3H]C([3H])([3H])I.[3H]C([3H])I.[3H]CI. The maximum Gasteiger partial charge on any atom is 0.311 e. The second kappa shape index (κ2) is 15.6. The van der Waals surface area contributed by atoms with Gasteiger partial charge < -0.3 is 8.23 Å². The molecule has 0 saturated carbocycles. The van der Waals surface area contributed by atoms with Gasteiger partial charge in [0.05, 0.1) is 0 Å². The molecule has 8 heteroatoms. The minimum Gasteiger partial charge on any atom is -0.437 e. The fourth-order valence-electron chi connectivity index (χ4n) is 1.50. The van der Waals surface area contributed by atoms with Crippen molar-refractivity contribution in [2.24, 2.45) is 0 Å². The average molecular weight is 674 g/mol. The summed E-state index contributed by atoms with van der Waals surface area (Å²) in [5.41, 5.74) is 0. The van der Waals surface area contributed by atoms with E-state index in [2.05, 4.69) is 52.4 Å². The van der Waals surface area contributed by atoms with Crippen LogP contribution in [-0.4, -0.2) is 39.8 Å². The first-order chi connectivity index (χ1) is 10.6. The number of halogens is 3. The Morgan fingerprint density at radius 1 is 0.737 bits per heavy atom. The Bertz CT molecular complexity index is 284. The molecule has 0 rings (SSSR count). The van der Waals surface area contributed by atoms with Crippen molar-refractivity contribution in [3.05, 3.63) is 0 Å². The van der Waals surface area contributed by atoms with Crippen LogP contribution < -0.4 is 0 Å². The van der Waals surface area contributed by atoms with E-state index in [0.29, 0.717) is 4.91 Å². The monoisotopic (exact) mass is 674 g/mol. The maximum absolute atomic E-state index is 6.26. The summed E-state index contributed by atoms with van der Waals surface area (Å²) in [4.78, 5) is -2.01. The third kappa shape index (κ3) is 33.5. The van der Waals surface area contributed by atoms with Crippen LogP contribution in [0.3, 0.4) is 0 Å². The number of hydrogen-bond acceptors (Lipinski definition) is 2. The zero-order chi connectivity index (χ0) is 21.7. The molecule has 0 aliphatic carbocycles. The molecule has 0 saturated heterocycles. The first-order valence-electron chi connectivity index (χ1n) is 8.85. The van der Waals surface area contributed by atoms with E-state index in [1.54, 1.807) is 22.6 Å². The van der Waals surface area contributed by atoms with Crippen LogP contribution in [0.15, 0.2) is 0 Å². The highest BCUT2D eigenvalue weighted by Crippen LogP contribution is 2.19. The Hall–Kier alpha value is 2.76. The quantitative estimate of drug-likeness (QED) is 0.192. The Morgan fingerprint density at radius 2 is 0.895 bits per heavy atom. The van der Waals surface area contributed by atoms with Gasteiger partial charge >= 0.3 is 8.56 Å². The normalized spacial score (nSPS) is 16.4. The molecular weight excluding hydrogens is 629 g/mol. The van der Waals surface area contributed by atoms with Gasteiger partial charge in [0.1, 0.15) is 0 Å². The lowest BCUT2D eigenvalue weighted by atomic mass is 11.8. The summed E-state index contributed by atoms with van der Waals surface area (Å²) in [5.74, 6) is 0. The van der Waals surface area contributed by atoms with Gasteiger partial charge in [0.2, 0.25) is 0 Å². The molecule has 2 nitrogen and oxygen atoms in total. The van der Waals surface area contributed by atoms with Crippen molar-refractivity contribution in [3.63, 3.8) is 0 Å².